The second-order valence-electron chi connectivity index (χ2n) is 7.34. The highest BCUT2D eigenvalue weighted by molar-refractivity contribution is 5.71. The molecule has 0 aromatic heterocycles. The molecule has 0 aromatic rings. The van der Waals surface area contributed by atoms with Crippen molar-refractivity contribution >= 4 is 5.97 Å². The lowest BCUT2D eigenvalue weighted by atomic mass is 9.69. The van der Waals surface area contributed by atoms with Crippen LogP contribution in [-0.2, 0) is 4.79 Å². The highest BCUT2D eigenvalue weighted by Crippen LogP contribution is 2.40. The van der Waals surface area contributed by atoms with Crippen molar-refractivity contribution < 1.29 is 9.90 Å². The molecule has 2 fully saturated rings. The average Bonchev–Trinajstić information content (AvgIpc) is 2.21. The molecule has 1 heterocycles. The number of nitrogens with zero attached hydrogens (tertiary/aromatic N) is 1. The number of hydrogen-bond acceptors (Lipinski definition) is 2. The number of carboxylic acid groups (broad SMARTS) is 1. The number of carboxylic acids is 1. The van der Waals surface area contributed by atoms with E-state index in [0.29, 0.717) is 5.41 Å². The molecular formula is C15H27NO2. The SMILES string of the molecule is CC(C)(C)C1CCC(CN2CC(C(=O)O)C2)CC1. The standard InChI is InChI=1S/C15H27NO2/c1-15(2,3)13-6-4-11(5-7-13)8-16-9-12(10-16)14(17)18/h11-13H,4-10H2,1-3H3,(H,17,18). The van der Waals surface area contributed by atoms with Crippen molar-refractivity contribution in [2.75, 3.05) is 19.6 Å². The summed E-state index contributed by atoms with van der Waals surface area (Å²) in [5, 5.41) is 8.85. The van der Waals surface area contributed by atoms with Crippen LogP contribution in [0.1, 0.15) is 46.5 Å². The predicted octanol–water partition coefficient (Wildman–Crippen LogP) is 2.86. The summed E-state index contributed by atoms with van der Waals surface area (Å²) in [6, 6.07) is 0. The molecule has 2 rings (SSSR count). The summed E-state index contributed by atoms with van der Waals surface area (Å²) in [6.45, 7) is 9.73. The van der Waals surface area contributed by atoms with Gasteiger partial charge in [0.1, 0.15) is 0 Å². The van der Waals surface area contributed by atoms with E-state index in [1.807, 2.05) is 0 Å². The van der Waals surface area contributed by atoms with Gasteiger partial charge in [-0.25, -0.2) is 0 Å². The van der Waals surface area contributed by atoms with E-state index in [4.69, 9.17) is 5.11 Å². The summed E-state index contributed by atoms with van der Waals surface area (Å²) >= 11 is 0. The maximum Gasteiger partial charge on any atom is 0.309 e. The lowest BCUT2D eigenvalue weighted by molar-refractivity contribution is -0.147. The van der Waals surface area contributed by atoms with Gasteiger partial charge < -0.3 is 10.0 Å². The predicted molar refractivity (Wildman–Crippen MR) is 72.5 cm³/mol. The molecule has 0 atom stereocenters. The Morgan fingerprint density at radius 3 is 2.17 bits per heavy atom. The summed E-state index contributed by atoms with van der Waals surface area (Å²) in [6.07, 6.45) is 5.36. The van der Waals surface area contributed by atoms with Gasteiger partial charge in [-0.05, 0) is 42.9 Å². The molecule has 0 amide bonds. The lowest BCUT2D eigenvalue weighted by Crippen LogP contribution is -2.52. The first-order valence-corrected chi connectivity index (χ1v) is 7.31. The van der Waals surface area contributed by atoms with Crippen molar-refractivity contribution in [1.29, 1.82) is 0 Å². The zero-order valence-corrected chi connectivity index (χ0v) is 12.0. The lowest BCUT2D eigenvalue weighted by Gasteiger charge is -2.42. The molecule has 0 spiro atoms. The molecule has 18 heavy (non-hydrogen) atoms. The molecule has 1 saturated carbocycles. The third-order valence-corrected chi connectivity index (χ3v) is 4.89. The van der Waals surface area contributed by atoms with E-state index < -0.39 is 5.97 Å². The minimum absolute atomic E-state index is 0.101. The molecule has 1 saturated heterocycles. The molecule has 3 heteroatoms. The first-order valence-electron chi connectivity index (χ1n) is 7.31. The van der Waals surface area contributed by atoms with E-state index in [1.54, 1.807) is 0 Å². The highest BCUT2D eigenvalue weighted by Gasteiger charge is 2.35. The minimum atomic E-state index is -0.623. The summed E-state index contributed by atoms with van der Waals surface area (Å²) in [4.78, 5) is 13.1. The van der Waals surface area contributed by atoms with Crippen molar-refractivity contribution in [2.24, 2.45) is 23.2 Å². The summed E-state index contributed by atoms with van der Waals surface area (Å²) in [7, 11) is 0. The maximum atomic E-state index is 10.7. The molecule has 0 unspecified atom stereocenters. The third kappa shape index (κ3) is 3.25. The molecule has 1 aliphatic carbocycles. The largest absolute Gasteiger partial charge is 0.481 e. The van der Waals surface area contributed by atoms with E-state index in [0.717, 1.165) is 31.5 Å². The third-order valence-electron chi connectivity index (χ3n) is 4.89. The van der Waals surface area contributed by atoms with Crippen LogP contribution >= 0.6 is 0 Å². The van der Waals surface area contributed by atoms with E-state index in [1.165, 1.54) is 25.7 Å². The molecule has 0 bridgehead atoms. The van der Waals surface area contributed by atoms with Crippen molar-refractivity contribution in [2.45, 2.75) is 46.5 Å². The van der Waals surface area contributed by atoms with Crippen molar-refractivity contribution in [3.63, 3.8) is 0 Å². The average molecular weight is 253 g/mol. The van der Waals surface area contributed by atoms with Crippen molar-refractivity contribution in [3.05, 3.63) is 0 Å². The molecule has 3 nitrogen and oxygen atoms in total. The van der Waals surface area contributed by atoms with Gasteiger partial charge in [-0.3, -0.25) is 4.79 Å². The van der Waals surface area contributed by atoms with Crippen molar-refractivity contribution in [1.82, 2.24) is 4.90 Å². The van der Waals surface area contributed by atoms with E-state index in [2.05, 4.69) is 25.7 Å². The Hall–Kier alpha value is -0.570. The Morgan fingerprint density at radius 2 is 1.72 bits per heavy atom. The van der Waals surface area contributed by atoms with Gasteiger partial charge in [0.05, 0.1) is 5.92 Å². The summed E-state index contributed by atoms with van der Waals surface area (Å²) < 4.78 is 0. The second kappa shape index (κ2) is 5.20. The van der Waals surface area contributed by atoms with Crippen LogP contribution in [0.2, 0.25) is 0 Å². The fraction of sp³-hybridized carbons (Fsp3) is 0.933. The summed E-state index contributed by atoms with van der Waals surface area (Å²) in [5.41, 5.74) is 0.454. The van der Waals surface area contributed by atoms with Gasteiger partial charge in [0.25, 0.3) is 0 Å². The minimum Gasteiger partial charge on any atom is -0.481 e. The number of rotatable bonds is 3. The van der Waals surface area contributed by atoms with Gasteiger partial charge in [-0.1, -0.05) is 20.8 Å². The number of carbonyl (C=O) groups is 1. The molecule has 2 aliphatic rings. The zero-order valence-electron chi connectivity index (χ0n) is 12.0. The van der Waals surface area contributed by atoms with Crippen LogP contribution in [0.15, 0.2) is 0 Å². The molecular weight excluding hydrogens is 226 g/mol. The van der Waals surface area contributed by atoms with Crippen LogP contribution < -0.4 is 0 Å². The summed E-state index contributed by atoms with van der Waals surface area (Å²) in [5.74, 6) is 0.953. The molecule has 0 aromatic carbocycles. The normalized spacial score (nSPS) is 31.1. The van der Waals surface area contributed by atoms with Gasteiger partial charge in [0.2, 0.25) is 0 Å². The maximum absolute atomic E-state index is 10.7. The quantitative estimate of drug-likeness (QED) is 0.841. The van der Waals surface area contributed by atoms with Gasteiger partial charge in [0.15, 0.2) is 0 Å². The van der Waals surface area contributed by atoms with Crippen LogP contribution in [0.5, 0.6) is 0 Å². The van der Waals surface area contributed by atoms with E-state index in [9.17, 15) is 4.79 Å². The van der Waals surface area contributed by atoms with Crippen LogP contribution in [0.3, 0.4) is 0 Å². The Labute approximate surface area is 111 Å². The number of hydrogen-bond donors (Lipinski definition) is 1. The Bertz CT molecular complexity index is 294. The smallest absolute Gasteiger partial charge is 0.309 e. The van der Waals surface area contributed by atoms with Gasteiger partial charge in [-0.2, -0.15) is 0 Å². The topological polar surface area (TPSA) is 40.5 Å². The van der Waals surface area contributed by atoms with E-state index >= 15 is 0 Å². The second-order valence-corrected chi connectivity index (χ2v) is 7.34. The number of likely N-dealkylation sites (tertiary alicyclic amines) is 1. The molecule has 104 valence electrons. The first-order chi connectivity index (χ1) is 8.36. The molecule has 1 N–H and O–H groups in total. The Morgan fingerprint density at radius 1 is 1.17 bits per heavy atom. The van der Waals surface area contributed by atoms with Crippen LogP contribution in [0, 0.1) is 23.2 Å². The highest BCUT2D eigenvalue weighted by atomic mass is 16.4. The van der Waals surface area contributed by atoms with Crippen LogP contribution in [0.4, 0.5) is 0 Å². The fourth-order valence-electron chi connectivity index (χ4n) is 3.45. The van der Waals surface area contributed by atoms with Crippen LogP contribution in [0.25, 0.3) is 0 Å². The van der Waals surface area contributed by atoms with Crippen molar-refractivity contribution in [3.8, 4) is 0 Å². The van der Waals surface area contributed by atoms with E-state index in [-0.39, 0.29) is 5.92 Å². The Balaban J connectivity index is 1.68. The molecule has 1 aliphatic heterocycles. The Kier molecular flexibility index (Phi) is 4.00. The zero-order chi connectivity index (χ0) is 13.3. The monoisotopic (exact) mass is 253 g/mol. The van der Waals surface area contributed by atoms with Crippen LogP contribution in [-0.4, -0.2) is 35.6 Å². The van der Waals surface area contributed by atoms with Gasteiger partial charge >= 0.3 is 5.97 Å². The van der Waals surface area contributed by atoms with Gasteiger partial charge in [-0.15, -0.1) is 0 Å². The molecule has 0 radical (unpaired) electrons. The fourth-order valence-corrected chi connectivity index (χ4v) is 3.45. The van der Waals surface area contributed by atoms with Gasteiger partial charge in [0, 0.05) is 19.6 Å². The number of aliphatic carboxylic acids is 1. The first kappa shape index (κ1) is 13.9.